The lowest BCUT2D eigenvalue weighted by atomic mass is 10.3. The second kappa shape index (κ2) is 5.55. The molecule has 106 valence electrons. The minimum absolute atomic E-state index is 0.0154. The van der Waals surface area contributed by atoms with Gasteiger partial charge in [0.25, 0.3) is 10.0 Å². The summed E-state index contributed by atoms with van der Waals surface area (Å²) >= 11 is 8.74. The van der Waals surface area contributed by atoms with Crippen LogP contribution in [0.15, 0.2) is 39.8 Å². The van der Waals surface area contributed by atoms with Crippen LogP contribution in [-0.2, 0) is 10.0 Å². The van der Waals surface area contributed by atoms with Crippen molar-refractivity contribution in [3.8, 4) is 0 Å². The summed E-state index contributed by atoms with van der Waals surface area (Å²) in [5.41, 5.74) is 5.66. The van der Waals surface area contributed by atoms with Gasteiger partial charge in [0, 0.05) is 27.4 Å². The van der Waals surface area contributed by atoms with Gasteiger partial charge < -0.3 is 5.73 Å². The number of hydrogen-bond donors (Lipinski definition) is 2. The number of pyridine rings is 1. The monoisotopic (exact) mass is 379 g/mol. The number of rotatable bonds is 3. The molecule has 0 saturated carbocycles. The Bertz CT molecular complexity index is 770. The molecule has 20 heavy (non-hydrogen) atoms. The first-order valence-corrected chi connectivity index (χ1v) is 7.84. The van der Waals surface area contributed by atoms with Crippen LogP contribution >= 0.6 is 27.5 Å². The highest BCUT2D eigenvalue weighted by atomic mass is 79.9. The zero-order valence-corrected chi connectivity index (χ0v) is 12.9. The average Bonchev–Trinajstić information content (AvgIpc) is 2.33. The second-order valence-electron chi connectivity index (χ2n) is 3.77. The summed E-state index contributed by atoms with van der Waals surface area (Å²) in [4.78, 5) is 3.21. The number of sulfonamides is 1. The standard InChI is InChI=1S/C11H8BrClFN3O2S/c12-7-4-8(14)10(5-9(7)15)20(18,19)17-11-3-6(13)1-2-16-11/h1-5H,15H2,(H,16,17). The van der Waals surface area contributed by atoms with Gasteiger partial charge in [-0.25, -0.2) is 17.8 Å². The SMILES string of the molecule is Nc1cc(S(=O)(=O)Nc2cc(Cl)ccn2)c(F)cc1Br. The molecule has 1 aromatic heterocycles. The third-order valence-electron chi connectivity index (χ3n) is 2.30. The Morgan fingerprint density at radius 1 is 1.35 bits per heavy atom. The Kier molecular flexibility index (Phi) is 4.17. The molecule has 0 bridgehead atoms. The Hall–Kier alpha value is -1.38. The van der Waals surface area contributed by atoms with Crippen LogP contribution in [0.1, 0.15) is 0 Å². The summed E-state index contributed by atoms with van der Waals surface area (Å²) in [5, 5.41) is 0.300. The summed E-state index contributed by atoms with van der Waals surface area (Å²) < 4.78 is 40.3. The molecule has 0 aliphatic rings. The molecule has 5 nitrogen and oxygen atoms in total. The molecule has 0 radical (unpaired) electrons. The van der Waals surface area contributed by atoms with Crippen LogP contribution in [0, 0.1) is 5.82 Å². The lowest BCUT2D eigenvalue weighted by Gasteiger charge is -2.09. The first-order valence-electron chi connectivity index (χ1n) is 5.18. The van der Waals surface area contributed by atoms with Crippen LogP contribution < -0.4 is 10.5 Å². The number of nitrogens with two attached hydrogens (primary N) is 1. The molecule has 0 saturated heterocycles. The highest BCUT2D eigenvalue weighted by Crippen LogP contribution is 2.27. The molecule has 0 atom stereocenters. The van der Waals surface area contributed by atoms with Crippen LogP contribution in [0.4, 0.5) is 15.9 Å². The fraction of sp³-hybridized carbons (Fsp3) is 0. The van der Waals surface area contributed by atoms with Gasteiger partial charge in [0.1, 0.15) is 16.5 Å². The van der Waals surface area contributed by atoms with Crippen molar-refractivity contribution < 1.29 is 12.8 Å². The van der Waals surface area contributed by atoms with Gasteiger partial charge in [0.15, 0.2) is 0 Å². The zero-order chi connectivity index (χ0) is 14.9. The van der Waals surface area contributed by atoms with Crippen LogP contribution in [0.5, 0.6) is 0 Å². The van der Waals surface area contributed by atoms with E-state index in [9.17, 15) is 12.8 Å². The van der Waals surface area contributed by atoms with E-state index in [1.807, 2.05) is 0 Å². The van der Waals surface area contributed by atoms with Crippen LogP contribution in [-0.4, -0.2) is 13.4 Å². The van der Waals surface area contributed by atoms with Gasteiger partial charge in [-0.05, 0) is 34.1 Å². The molecule has 1 aromatic carbocycles. The van der Waals surface area contributed by atoms with Gasteiger partial charge in [-0.2, -0.15) is 0 Å². The molecular formula is C11H8BrClFN3O2S. The lowest BCUT2D eigenvalue weighted by Crippen LogP contribution is -2.16. The molecule has 0 aliphatic heterocycles. The van der Waals surface area contributed by atoms with Crippen LogP contribution in [0.2, 0.25) is 5.02 Å². The minimum Gasteiger partial charge on any atom is -0.398 e. The van der Waals surface area contributed by atoms with E-state index in [4.69, 9.17) is 17.3 Å². The number of nitrogens with one attached hydrogen (secondary N) is 1. The van der Waals surface area contributed by atoms with Crippen LogP contribution in [0.3, 0.4) is 0 Å². The van der Waals surface area contributed by atoms with Gasteiger partial charge >= 0.3 is 0 Å². The fourth-order valence-corrected chi connectivity index (χ4v) is 2.97. The maximum Gasteiger partial charge on any atom is 0.266 e. The van der Waals surface area contributed by atoms with Crippen molar-refractivity contribution in [1.29, 1.82) is 0 Å². The number of anilines is 2. The third-order valence-corrected chi connectivity index (χ3v) is 4.59. The number of benzene rings is 1. The number of nitrogens with zero attached hydrogens (tertiary/aromatic N) is 1. The van der Waals surface area contributed by atoms with Crippen molar-refractivity contribution in [2.75, 3.05) is 10.5 Å². The summed E-state index contributed by atoms with van der Waals surface area (Å²) in [6.45, 7) is 0. The van der Waals surface area contributed by atoms with Crippen molar-refractivity contribution in [2.45, 2.75) is 4.90 Å². The smallest absolute Gasteiger partial charge is 0.266 e. The molecule has 0 unspecified atom stereocenters. The number of aromatic nitrogens is 1. The van der Waals surface area contributed by atoms with E-state index < -0.39 is 20.7 Å². The topological polar surface area (TPSA) is 85.1 Å². The molecule has 0 spiro atoms. The highest BCUT2D eigenvalue weighted by Gasteiger charge is 2.21. The summed E-state index contributed by atoms with van der Waals surface area (Å²) in [6.07, 6.45) is 1.33. The van der Waals surface area contributed by atoms with E-state index in [1.54, 1.807) is 0 Å². The molecule has 2 aromatic rings. The van der Waals surface area contributed by atoms with Gasteiger partial charge in [-0.1, -0.05) is 11.6 Å². The Balaban J connectivity index is 2.43. The van der Waals surface area contributed by atoms with E-state index in [0.717, 1.165) is 12.1 Å². The van der Waals surface area contributed by atoms with Crippen molar-refractivity contribution >= 4 is 49.1 Å². The number of hydrogen-bond acceptors (Lipinski definition) is 4. The van der Waals surface area contributed by atoms with Crippen LogP contribution in [0.25, 0.3) is 0 Å². The van der Waals surface area contributed by atoms with Crippen molar-refractivity contribution in [2.24, 2.45) is 0 Å². The Morgan fingerprint density at radius 2 is 2.05 bits per heavy atom. The second-order valence-corrected chi connectivity index (χ2v) is 6.71. The van der Waals surface area contributed by atoms with Crippen molar-refractivity contribution in [3.05, 3.63) is 45.8 Å². The first kappa shape index (κ1) is 15.0. The first-order chi connectivity index (χ1) is 9.29. The molecule has 0 fully saturated rings. The normalized spacial score (nSPS) is 11.3. The Morgan fingerprint density at radius 3 is 2.70 bits per heavy atom. The molecular weight excluding hydrogens is 373 g/mol. The van der Waals surface area contributed by atoms with E-state index in [1.165, 1.54) is 18.3 Å². The Labute approximate surface area is 128 Å². The number of halogens is 3. The molecule has 0 amide bonds. The zero-order valence-electron chi connectivity index (χ0n) is 9.77. The largest absolute Gasteiger partial charge is 0.398 e. The molecule has 9 heteroatoms. The lowest BCUT2D eigenvalue weighted by molar-refractivity contribution is 0.570. The van der Waals surface area contributed by atoms with Gasteiger partial charge in [0.2, 0.25) is 0 Å². The van der Waals surface area contributed by atoms with E-state index >= 15 is 0 Å². The quantitative estimate of drug-likeness (QED) is 0.802. The van der Waals surface area contributed by atoms with E-state index in [-0.39, 0.29) is 16.0 Å². The molecule has 3 N–H and O–H groups in total. The predicted octanol–water partition coefficient (Wildman–Crippen LogP) is 3.02. The molecule has 0 aliphatic carbocycles. The third kappa shape index (κ3) is 3.20. The highest BCUT2D eigenvalue weighted by molar-refractivity contribution is 9.10. The maximum atomic E-state index is 13.8. The average molecular weight is 381 g/mol. The predicted molar refractivity (Wildman–Crippen MR) is 78.6 cm³/mol. The molecule has 2 rings (SSSR count). The molecule has 1 heterocycles. The fourth-order valence-electron chi connectivity index (χ4n) is 1.40. The summed E-state index contributed by atoms with van der Waals surface area (Å²) in [6, 6.07) is 4.79. The van der Waals surface area contributed by atoms with Gasteiger partial charge in [0.05, 0.1) is 0 Å². The van der Waals surface area contributed by atoms with Gasteiger partial charge in [-0.15, -0.1) is 0 Å². The van der Waals surface area contributed by atoms with Gasteiger partial charge in [-0.3, -0.25) is 4.72 Å². The van der Waals surface area contributed by atoms with Crippen molar-refractivity contribution in [3.63, 3.8) is 0 Å². The van der Waals surface area contributed by atoms with Crippen molar-refractivity contribution in [1.82, 2.24) is 4.98 Å². The van der Waals surface area contributed by atoms with E-state index in [2.05, 4.69) is 25.6 Å². The maximum absolute atomic E-state index is 13.8. The minimum atomic E-state index is -4.15. The summed E-state index contributed by atoms with van der Waals surface area (Å²) in [5.74, 6) is -0.945. The summed E-state index contributed by atoms with van der Waals surface area (Å²) in [7, 11) is -4.15. The van der Waals surface area contributed by atoms with E-state index in [0.29, 0.717) is 5.02 Å². The number of nitrogen functional groups attached to an aromatic ring is 1.